The fraction of sp³-hybridized carbons (Fsp3) is 0.316. The molecule has 0 atom stereocenters. The Bertz CT molecular complexity index is 713. The number of amides is 1. The molecule has 0 saturated carbocycles. The Balaban J connectivity index is 1.99. The van der Waals surface area contributed by atoms with Crippen LogP contribution in [0.15, 0.2) is 36.4 Å². The Hall–Kier alpha value is -2.69. The van der Waals surface area contributed by atoms with Gasteiger partial charge in [0.2, 0.25) is 0 Å². The Morgan fingerprint density at radius 3 is 2.38 bits per heavy atom. The lowest BCUT2D eigenvalue weighted by Crippen LogP contribution is -2.25. The number of nitrogens with one attached hydrogen (secondary N) is 1. The second-order valence-corrected chi connectivity index (χ2v) is 5.37. The fourth-order valence-corrected chi connectivity index (χ4v) is 2.47. The number of hydrogen-bond donors (Lipinski definition) is 1. The van der Waals surface area contributed by atoms with Gasteiger partial charge in [-0.15, -0.1) is 0 Å². The van der Waals surface area contributed by atoms with Gasteiger partial charge in [-0.25, -0.2) is 0 Å². The summed E-state index contributed by atoms with van der Waals surface area (Å²) < 4.78 is 15.8. The van der Waals surface area contributed by atoms with Crippen LogP contribution in [-0.4, -0.2) is 33.8 Å². The van der Waals surface area contributed by atoms with Crippen molar-refractivity contribution >= 4 is 5.91 Å². The van der Waals surface area contributed by atoms with Gasteiger partial charge in [-0.3, -0.25) is 4.79 Å². The molecule has 5 heteroatoms. The van der Waals surface area contributed by atoms with Crippen LogP contribution in [0.4, 0.5) is 0 Å². The summed E-state index contributed by atoms with van der Waals surface area (Å²) in [5, 5.41) is 2.93. The minimum Gasteiger partial charge on any atom is -0.497 e. The summed E-state index contributed by atoms with van der Waals surface area (Å²) in [6.07, 6.45) is 0.710. The zero-order valence-electron chi connectivity index (χ0n) is 14.5. The Morgan fingerprint density at radius 1 is 1.00 bits per heavy atom. The largest absolute Gasteiger partial charge is 0.497 e. The van der Waals surface area contributed by atoms with E-state index < -0.39 is 0 Å². The Morgan fingerprint density at radius 2 is 1.71 bits per heavy atom. The number of rotatable bonds is 7. The van der Waals surface area contributed by atoms with E-state index in [1.54, 1.807) is 39.5 Å². The molecule has 0 heterocycles. The molecular weight excluding hydrogens is 306 g/mol. The molecule has 0 bridgehead atoms. The maximum atomic E-state index is 12.2. The van der Waals surface area contributed by atoms with E-state index >= 15 is 0 Å². The normalized spacial score (nSPS) is 10.2. The first-order valence-corrected chi connectivity index (χ1v) is 7.72. The van der Waals surface area contributed by atoms with Crippen LogP contribution in [-0.2, 0) is 6.42 Å². The van der Waals surface area contributed by atoms with Gasteiger partial charge < -0.3 is 19.5 Å². The van der Waals surface area contributed by atoms with E-state index in [0.29, 0.717) is 35.8 Å². The number of aryl methyl sites for hydroxylation is 1. The lowest BCUT2D eigenvalue weighted by atomic mass is 10.0. The van der Waals surface area contributed by atoms with Crippen molar-refractivity contribution < 1.29 is 19.0 Å². The van der Waals surface area contributed by atoms with Crippen molar-refractivity contribution in [2.45, 2.75) is 13.3 Å². The third-order valence-electron chi connectivity index (χ3n) is 3.85. The first-order valence-electron chi connectivity index (χ1n) is 7.72. The zero-order valence-corrected chi connectivity index (χ0v) is 14.5. The average Bonchev–Trinajstić information content (AvgIpc) is 2.62. The summed E-state index contributed by atoms with van der Waals surface area (Å²) in [6, 6.07) is 11.0. The molecular formula is C19H23NO4. The lowest BCUT2D eigenvalue weighted by Gasteiger charge is -2.13. The van der Waals surface area contributed by atoms with Crippen LogP contribution in [0.1, 0.15) is 21.5 Å². The second-order valence-electron chi connectivity index (χ2n) is 5.37. The van der Waals surface area contributed by atoms with Gasteiger partial charge in [-0.1, -0.05) is 6.07 Å². The molecule has 2 aromatic carbocycles. The van der Waals surface area contributed by atoms with Gasteiger partial charge >= 0.3 is 0 Å². The maximum absolute atomic E-state index is 12.2. The molecule has 0 aromatic heterocycles. The summed E-state index contributed by atoms with van der Waals surface area (Å²) in [4.78, 5) is 12.2. The second kappa shape index (κ2) is 8.24. The van der Waals surface area contributed by atoms with Crippen LogP contribution in [0, 0.1) is 6.92 Å². The Kier molecular flexibility index (Phi) is 6.07. The zero-order chi connectivity index (χ0) is 17.5. The number of benzene rings is 2. The number of hydrogen-bond acceptors (Lipinski definition) is 4. The van der Waals surface area contributed by atoms with Crippen LogP contribution in [0.2, 0.25) is 0 Å². The maximum Gasteiger partial charge on any atom is 0.251 e. The van der Waals surface area contributed by atoms with E-state index in [4.69, 9.17) is 14.2 Å². The number of methoxy groups -OCH3 is 3. The van der Waals surface area contributed by atoms with Crippen molar-refractivity contribution in [1.29, 1.82) is 0 Å². The third kappa shape index (κ3) is 4.19. The van der Waals surface area contributed by atoms with Gasteiger partial charge in [-0.2, -0.15) is 0 Å². The van der Waals surface area contributed by atoms with Crippen LogP contribution >= 0.6 is 0 Å². The molecule has 0 aliphatic carbocycles. The first kappa shape index (κ1) is 17.7. The highest BCUT2D eigenvalue weighted by Gasteiger charge is 2.10. The highest BCUT2D eigenvalue weighted by Crippen LogP contribution is 2.30. The molecule has 24 heavy (non-hydrogen) atoms. The van der Waals surface area contributed by atoms with Crippen molar-refractivity contribution in [3.63, 3.8) is 0 Å². The lowest BCUT2D eigenvalue weighted by molar-refractivity contribution is 0.0953. The molecule has 0 saturated heterocycles. The summed E-state index contributed by atoms with van der Waals surface area (Å²) in [5.74, 6) is 1.95. The highest BCUT2D eigenvalue weighted by molar-refractivity contribution is 5.94. The smallest absolute Gasteiger partial charge is 0.251 e. The fourth-order valence-electron chi connectivity index (χ4n) is 2.47. The quantitative estimate of drug-likeness (QED) is 0.848. The van der Waals surface area contributed by atoms with Crippen molar-refractivity contribution in [3.05, 3.63) is 53.1 Å². The topological polar surface area (TPSA) is 56.8 Å². The molecule has 0 unspecified atom stereocenters. The molecule has 5 nitrogen and oxygen atoms in total. The van der Waals surface area contributed by atoms with Crippen molar-refractivity contribution in [3.8, 4) is 17.2 Å². The van der Waals surface area contributed by atoms with Crippen LogP contribution < -0.4 is 19.5 Å². The minimum atomic E-state index is -0.118. The molecule has 1 N–H and O–H groups in total. The monoisotopic (exact) mass is 329 g/mol. The molecule has 0 aliphatic heterocycles. The Labute approximate surface area is 142 Å². The number of carbonyl (C=O) groups excluding carboxylic acids is 1. The van der Waals surface area contributed by atoms with Gasteiger partial charge in [-0.05, 0) is 54.8 Å². The van der Waals surface area contributed by atoms with E-state index in [1.165, 1.54) is 0 Å². The van der Waals surface area contributed by atoms with Gasteiger partial charge in [0, 0.05) is 12.1 Å². The van der Waals surface area contributed by atoms with Crippen LogP contribution in [0.3, 0.4) is 0 Å². The molecule has 128 valence electrons. The molecule has 0 fully saturated rings. The average molecular weight is 329 g/mol. The van der Waals surface area contributed by atoms with E-state index in [1.807, 2.05) is 25.1 Å². The SMILES string of the molecule is COc1cccc(C(=O)NCCc2cc(OC)c(OC)cc2C)c1. The molecule has 0 aliphatic rings. The standard InChI is InChI=1S/C19H23NO4/c1-13-10-17(23-3)18(24-4)12-14(13)8-9-20-19(21)15-6-5-7-16(11-15)22-2/h5-7,10-12H,8-9H2,1-4H3,(H,20,21). The van der Waals surface area contributed by atoms with Gasteiger partial charge in [0.05, 0.1) is 21.3 Å². The molecule has 2 rings (SSSR count). The summed E-state index contributed by atoms with van der Waals surface area (Å²) in [6.45, 7) is 2.55. The summed E-state index contributed by atoms with van der Waals surface area (Å²) in [5.41, 5.74) is 2.79. The van der Waals surface area contributed by atoms with Crippen molar-refractivity contribution in [2.75, 3.05) is 27.9 Å². The third-order valence-corrected chi connectivity index (χ3v) is 3.85. The van der Waals surface area contributed by atoms with Gasteiger partial charge in [0.1, 0.15) is 5.75 Å². The van der Waals surface area contributed by atoms with E-state index in [2.05, 4.69) is 5.32 Å². The van der Waals surface area contributed by atoms with E-state index in [-0.39, 0.29) is 5.91 Å². The minimum absolute atomic E-state index is 0.118. The summed E-state index contributed by atoms with van der Waals surface area (Å²) >= 11 is 0. The number of carbonyl (C=O) groups is 1. The van der Waals surface area contributed by atoms with E-state index in [0.717, 1.165) is 11.1 Å². The molecule has 2 aromatic rings. The van der Waals surface area contributed by atoms with Crippen molar-refractivity contribution in [1.82, 2.24) is 5.32 Å². The molecule has 0 spiro atoms. The predicted octanol–water partition coefficient (Wildman–Crippen LogP) is 2.99. The van der Waals surface area contributed by atoms with Gasteiger partial charge in [0.15, 0.2) is 11.5 Å². The van der Waals surface area contributed by atoms with Crippen molar-refractivity contribution in [2.24, 2.45) is 0 Å². The number of ether oxygens (including phenoxy) is 3. The predicted molar refractivity (Wildman–Crippen MR) is 93.3 cm³/mol. The van der Waals surface area contributed by atoms with Crippen LogP contribution in [0.5, 0.6) is 17.2 Å². The first-order chi connectivity index (χ1) is 11.6. The van der Waals surface area contributed by atoms with Crippen LogP contribution in [0.25, 0.3) is 0 Å². The highest BCUT2D eigenvalue weighted by atomic mass is 16.5. The van der Waals surface area contributed by atoms with E-state index in [9.17, 15) is 4.79 Å². The van der Waals surface area contributed by atoms with Gasteiger partial charge in [0.25, 0.3) is 5.91 Å². The molecule has 1 amide bonds. The molecule has 0 radical (unpaired) electrons. The summed E-state index contributed by atoms with van der Waals surface area (Å²) in [7, 11) is 4.81.